The van der Waals surface area contributed by atoms with Gasteiger partial charge >= 0.3 is 0 Å². The maximum absolute atomic E-state index is 11.8. The molecule has 0 radical (unpaired) electrons. The van der Waals surface area contributed by atoms with Crippen molar-refractivity contribution in [1.29, 1.82) is 0 Å². The third kappa shape index (κ3) is 4.18. The van der Waals surface area contributed by atoms with E-state index in [2.05, 4.69) is 10.3 Å². The molecule has 0 spiro atoms. The number of hydrogen-bond acceptors (Lipinski definition) is 3. The molecule has 1 N–H and O–H groups in total. The second-order valence-corrected chi connectivity index (χ2v) is 5.91. The predicted molar refractivity (Wildman–Crippen MR) is 83.9 cm³/mol. The number of hydrogen-bond donors (Lipinski definition) is 1. The van der Waals surface area contributed by atoms with Crippen LogP contribution in [-0.2, 0) is 4.79 Å². The maximum Gasteiger partial charge on any atom is 0.244 e. The number of aryl methyl sites for hydroxylation is 1. The third-order valence-corrected chi connectivity index (χ3v) is 3.74. The average Bonchev–Trinajstić information content (AvgIpc) is 2.83. The normalized spacial score (nSPS) is 12.6. The van der Waals surface area contributed by atoms with Gasteiger partial charge in [0.1, 0.15) is 0 Å². The number of thiazole rings is 1. The average molecular weight is 307 g/mol. The van der Waals surface area contributed by atoms with Crippen LogP contribution in [0.25, 0.3) is 6.08 Å². The predicted octanol–water partition coefficient (Wildman–Crippen LogP) is 4.00. The Morgan fingerprint density at radius 2 is 2.30 bits per heavy atom. The van der Waals surface area contributed by atoms with Crippen LogP contribution in [-0.4, -0.2) is 10.9 Å². The highest BCUT2D eigenvalue weighted by molar-refractivity contribution is 7.09. The van der Waals surface area contributed by atoms with Gasteiger partial charge < -0.3 is 5.32 Å². The summed E-state index contributed by atoms with van der Waals surface area (Å²) in [6, 6.07) is 7.24. The van der Waals surface area contributed by atoms with Gasteiger partial charge in [0, 0.05) is 16.5 Å². The Morgan fingerprint density at radius 1 is 1.50 bits per heavy atom. The first-order valence-electron chi connectivity index (χ1n) is 6.21. The molecule has 0 aliphatic heterocycles. The summed E-state index contributed by atoms with van der Waals surface area (Å²) in [6.07, 6.45) is 3.24. The van der Waals surface area contributed by atoms with Crippen molar-refractivity contribution in [2.24, 2.45) is 0 Å². The van der Waals surface area contributed by atoms with Crippen LogP contribution in [0.5, 0.6) is 0 Å². The lowest BCUT2D eigenvalue weighted by atomic mass is 10.2. The topological polar surface area (TPSA) is 42.0 Å². The van der Waals surface area contributed by atoms with E-state index in [0.717, 1.165) is 16.3 Å². The molecule has 0 bridgehead atoms. The number of carbonyl (C=O) groups is 1. The zero-order valence-corrected chi connectivity index (χ0v) is 12.8. The van der Waals surface area contributed by atoms with E-state index in [0.29, 0.717) is 5.02 Å². The van der Waals surface area contributed by atoms with Gasteiger partial charge in [0.2, 0.25) is 5.91 Å². The minimum absolute atomic E-state index is 0.100. The van der Waals surface area contributed by atoms with Crippen LogP contribution >= 0.6 is 22.9 Å². The van der Waals surface area contributed by atoms with Gasteiger partial charge in [0.05, 0.1) is 16.7 Å². The zero-order chi connectivity index (χ0) is 14.5. The molecule has 3 nitrogen and oxygen atoms in total. The van der Waals surface area contributed by atoms with Crippen LogP contribution in [0, 0.1) is 6.92 Å². The molecule has 0 aliphatic rings. The van der Waals surface area contributed by atoms with Crippen molar-refractivity contribution in [2.75, 3.05) is 0 Å². The summed E-state index contributed by atoms with van der Waals surface area (Å²) >= 11 is 7.46. The van der Waals surface area contributed by atoms with Gasteiger partial charge in [-0.3, -0.25) is 4.79 Å². The van der Waals surface area contributed by atoms with Crippen LogP contribution in [0.3, 0.4) is 0 Å². The Hall–Kier alpha value is -1.65. The molecule has 20 heavy (non-hydrogen) atoms. The van der Waals surface area contributed by atoms with Crippen molar-refractivity contribution in [1.82, 2.24) is 10.3 Å². The molecule has 1 aromatic heterocycles. The van der Waals surface area contributed by atoms with Gasteiger partial charge in [-0.1, -0.05) is 23.7 Å². The maximum atomic E-state index is 11.8. The molecule has 0 saturated carbocycles. The second-order valence-electron chi connectivity index (χ2n) is 4.41. The van der Waals surface area contributed by atoms with Gasteiger partial charge in [-0.25, -0.2) is 4.98 Å². The summed E-state index contributed by atoms with van der Waals surface area (Å²) in [5.41, 5.74) is 1.78. The Kier molecular flexibility index (Phi) is 4.93. The smallest absolute Gasteiger partial charge is 0.244 e. The Labute approximate surface area is 127 Å². The van der Waals surface area contributed by atoms with E-state index in [9.17, 15) is 4.79 Å². The number of rotatable bonds is 4. The summed E-state index contributed by atoms with van der Waals surface area (Å²) in [5, 5.41) is 6.49. The molecule has 0 fully saturated rings. The number of benzene rings is 1. The number of nitrogens with one attached hydrogen (secondary N) is 1. The summed E-state index contributed by atoms with van der Waals surface area (Å²) in [5.74, 6) is -0.150. The van der Waals surface area contributed by atoms with Gasteiger partial charge in [0.25, 0.3) is 0 Å². The van der Waals surface area contributed by atoms with Crippen LogP contribution in [0.4, 0.5) is 0 Å². The van der Waals surface area contributed by atoms with Gasteiger partial charge in [-0.05, 0) is 37.6 Å². The van der Waals surface area contributed by atoms with Gasteiger partial charge in [-0.2, -0.15) is 0 Å². The third-order valence-electron chi connectivity index (χ3n) is 2.72. The first-order valence-corrected chi connectivity index (χ1v) is 7.46. The molecule has 5 heteroatoms. The van der Waals surface area contributed by atoms with E-state index < -0.39 is 0 Å². The zero-order valence-electron chi connectivity index (χ0n) is 11.3. The SMILES string of the molecule is Cc1nc(C(C)NC(=O)/C=C/c2cccc(Cl)c2)cs1. The molecular weight excluding hydrogens is 292 g/mol. The molecule has 1 unspecified atom stereocenters. The van der Waals surface area contributed by atoms with Crippen molar-refractivity contribution in [3.8, 4) is 0 Å². The van der Waals surface area contributed by atoms with Crippen molar-refractivity contribution < 1.29 is 4.79 Å². The van der Waals surface area contributed by atoms with Crippen LogP contribution < -0.4 is 5.32 Å². The first kappa shape index (κ1) is 14.8. The second kappa shape index (κ2) is 6.68. The quantitative estimate of drug-likeness (QED) is 0.868. The molecular formula is C15H15ClN2OS. The molecule has 0 aliphatic carbocycles. The highest BCUT2D eigenvalue weighted by atomic mass is 35.5. The molecule has 2 rings (SSSR count). The molecule has 0 saturated heterocycles. The Bertz CT molecular complexity index is 636. The van der Waals surface area contributed by atoms with E-state index >= 15 is 0 Å². The number of halogens is 1. The molecule has 104 valence electrons. The van der Waals surface area contributed by atoms with Gasteiger partial charge in [-0.15, -0.1) is 11.3 Å². The van der Waals surface area contributed by atoms with E-state index in [1.807, 2.05) is 31.4 Å². The monoisotopic (exact) mass is 306 g/mol. The van der Waals surface area contributed by atoms with Crippen molar-refractivity contribution in [3.63, 3.8) is 0 Å². The van der Waals surface area contributed by atoms with Crippen molar-refractivity contribution >= 4 is 34.9 Å². The van der Waals surface area contributed by atoms with Crippen LogP contribution in [0.15, 0.2) is 35.7 Å². The van der Waals surface area contributed by atoms with E-state index in [1.165, 1.54) is 6.08 Å². The summed E-state index contributed by atoms with van der Waals surface area (Å²) in [6.45, 7) is 3.86. The fraction of sp³-hybridized carbons (Fsp3) is 0.200. The molecule has 2 aromatic rings. The van der Waals surface area contributed by atoms with E-state index in [4.69, 9.17) is 11.6 Å². The number of carbonyl (C=O) groups excluding carboxylic acids is 1. The van der Waals surface area contributed by atoms with Crippen molar-refractivity contribution in [2.45, 2.75) is 19.9 Å². The van der Waals surface area contributed by atoms with Crippen LogP contribution in [0.2, 0.25) is 5.02 Å². The minimum atomic E-state index is -0.150. The number of aromatic nitrogens is 1. The van der Waals surface area contributed by atoms with E-state index in [-0.39, 0.29) is 11.9 Å². The van der Waals surface area contributed by atoms with Crippen LogP contribution in [0.1, 0.15) is 29.2 Å². The first-order chi connectivity index (χ1) is 9.54. The number of nitrogens with zero attached hydrogens (tertiary/aromatic N) is 1. The fourth-order valence-corrected chi connectivity index (χ4v) is 2.60. The van der Waals surface area contributed by atoms with Crippen molar-refractivity contribution in [3.05, 3.63) is 57.0 Å². The summed E-state index contributed by atoms with van der Waals surface area (Å²) in [4.78, 5) is 16.2. The Morgan fingerprint density at radius 3 is 2.95 bits per heavy atom. The minimum Gasteiger partial charge on any atom is -0.344 e. The molecule has 1 amide bonds. The van der Waals surface area contributed by atoms with Gasteiger partial charge in [0.15, 0.2) is 0 Å². The largest absolute Gasteiger partial charge is 0.344 e. The summed E-state index contributed by atoms with van der Waals surface area (Å²) < 4.78 is 0. The summed E-state index contributed by atoms with van der Waals surface area (Å²) in [7, 11) is 0. The lowest BCUT2D eigenvalue weighted by Gasteiger charge is -2.09. The molecule has 1 aromatic carbocycles. The fourth-order valence-electron chi connectivity index (χ4n) is 1.70. The standard InChI is InChI=1S/C15H15ClN2OS/c1-10(14-9-20-11(2)18-14)17-15(19)7-6-12-4-3-5-13(16)8-12/h3-10H,1-2H3,(H,17,19)/b7-6+. The molecule has 1 heterocycles. The molecule has 1 atom stereocenters. The Balaban J connectivity index is 1.95. The highest BCUT2D eigenvalue weighted by Gasteiger charge is 2.10. The lowest BCUT2D eigenvalue weighted by Crippen LogP contribution is -2.24. The lowest BCUT2D eigenvalue weighted by molar-refractivity contribution is -0.117. The number of amides is 1. The van der Waals surface area contributed by atoms with E-state index in [1.54, 1.807) is 29.5 Å². The highest BCUT2D eigenvalue weighted by Crippen LogP contribution is 2.16.